The Balaban J connectivity index is 1.80. The molecule has 0 aromatic heterocycles. The summed E-state index contributed by atoms with van der Waals surface area (Å²) in [6.45, 7) is 4.26. The van der Waals surface area contributed by atoms with Gasteiger partial charge in [0.15, 0.2) is 11.6 Å². The zero-order valence-corrected chi connectivity index (χ0v) is 16.4. The number of aryl methyl sites for hydroxylation is 1. The van der Waals surface area contributed by atoms with Gasteiger partial charge in [0, 0.05) is 0 Å². The Morgan fingerprint density at radius 1 is 0.966 bits per heavy atom. The number of allylic oxidation sites excluding steroid dienone is 2. The second-order valence-corrected chi connectivity index (χ2v) is 6.65. The average Bonchev–Trinajstić information content (AvgIpc) is 2.69. The summed E-state index contributed by atoms with van der Waals surface area (Å²) in [6, 6.07) is 13.4. The van der Waals surface area contributed by atoms with Crippen molar-refractivity contribution in [1.29, 1.82) is 0 Å². The number of alkyl halides is 2. The highest BCUT2D eigenvalue weighted by Crippen LogP contribution is 2.35. The summed E-state index contributed by atoms with van der Waals surface area (Å²) >= 11 is 0. The van der Waals surface area contributed by atoms with Gasteiger partial charge in [0.2, 0.25) is 0 Å². The number of hydrogen-bond acceptors (Lipinski definition) is 2. The molecule has 0 aliphatic rings. The first kappa shape index (κ1) is 20.8. The van der Waals surface area contributed by atoms with Crippen molar-refractivity contribution in [2.45, 2.75) is 32.8 Å². The fourth-order valence-electron chi connectivity index (χ4n) is 3.04. The van der Waals surface area contributed by atoms with E-state index in [-0.39, 0.29) is 5.56 Å². The Morgan fingerprint density at radius 3 is 2.41 bits per heavy atom. The second-order valence-electron chi connectivity index (χ2n) is 6.65. The van der Waals surface area contributed by atoms with E-state index < -0.39 is 17.7 Å². The van der Waals surface area contributed by atoms with Crippen LogP contribution in [0.2, 0.25) is 0 Å². The Labute approximate surface area is 168 Å². The maximum absolute atomic E-state index is 14.6. The van der Waals surface area contributed by atoms with Gasteiger partial charge in [-0.25, -0.2) is 4.39 Å². The molecule has 3 rings (SSSR count). The summed E-state index contributed by atoms with van der Waals surface area (Å²) in [5, 5.41) is 1.13. The third-order valence-electron chi connectivity index (χ3n) is 4.54. The standard InChI is InChI=1S/C24H23F3O2/c1-3-5-6-7-17-8-11-20(12-9-17)24(26,27)29-23-16-18-10-13-21(28-4-2)14-19(18)15-22(23)25/h3,5,8-16H,4,6-7H2,1-2H3/b5-3+. The summed E-state index contributed by atoms with van der Waals surface area (Å²) < 4.78 is 53.8. The van der Waals surface area contributed by atoms with Crippen molar-refractivity contribution >= 4 is 10.8 Å². The van der Waals surface area contributed by atoms with E-state index in [1.54, 1.807) is 30.3 Å². The van der Waals surface area contributed by atoms with Crippen LogP contribution in [-0.4, -0.2) is 6.61 Å². The van der Waals surface area contributed by atoms with E-state index in [0.717, 1.165) is 18.4 Å². The first-order valence-corrected chi connectivity index (χ1v) is 9.56. The summed E-state index contributed by atoms with van der Waals surface area (Å²) in [5.41, 5.74) is 0.628. The highest BCUT2D eigenvalue weighted by molar-refractivity contribution is 5.85. The SMILES string of the molecule is C/C=C/CCc1ccc(C(F)(F)Oc2cc3ccc(OCC)cc3cc2F)cc1. The van der Waals surface area contributed by atoms with Crippen molar-refractivity contribution in [2.24, 2.45) is 0 Å². The predicted molar refractivity (Wildman–Crippen MR) is 109 cm³/mol. The molecule has 3 aromatic rings. The molecule has 29 heavy (non-hydrogen) atoms. The topological polar surface area (TPSA) is 18.5 Å². The second kappa shape index (κ2) is 9.03. The largest absolute Gasteiger partial charge is 0.494 e. The maximum atomic E-state index is 14.6. The van der Waals surface area contributed by atoms with Crippen LogP contribution in [0.1, 0.15) is 31.4 Å². The van der Waals surface area contributed by atoms with Crippen LogP contribution in [0.25, 0.3) is 10.8 Å². The highest BCUT2D eigenvalue weighted by atomic mass is 19.3. The number of benzene rings is 3. The first-order chi connectivity index (χ1) is 13.9. The minimum absolute atomic E-state index is 0.321. The number of fused-ring (bicyclic) bond motifs is 1. The van der Waals surface area contributed by atoms with Crippen LogP contribution in [0.5, 0.6) is 11.5 Å². The van der Waals surface area contributed by atoms with Crippen LogP contribution in [0.15, 0.2) is 66.7 Å². The molecule has 0 fully saturated rings. The van der Waals surface area contributed by atoms with Gasteiger partial charge in [-0.05, 0) is 79.4 Å². The minimum atomic E-state index is -3.65. The molecule has 0 N–H and O–H groups in total. The smallest absolute Gasteiger partial charge is 0.426 e. The Hall–Kier alpha value is -2.95. The van der Waals surface area contributed by atoms with Gasteiger partial charge in [-0.15, -0.1) is 0 Å². The quantitative estimate of drug-likeness (QED) is 0.379. The van der Waals surface area contributed by atoms with Gasteiger partial charge >= 0.3 is 6.11 Å². The van der Waals surface area contributed by atoms with Gasteiger partial charge in [0.25, 0.3) is 0 Å². The molecule has 0 atom stereocenters. The van der Waals surface area contributed by atoms with Gasteiger partial charge in [-0.1, -0.05) is 30.4 Å². The average molecular weight is 400 g/mol. The van der Waals surface area contributed by atoms with Gasteiger partial charge in [-0.3, -0.25) is 0 Å². The Bertz CT molecular complexity index is 995. The molecule has 152 valence electrons. The monoisotopic (exact) mass is 400 g/mol. The number of ether oxygens (including phenoxy) is 2. The lowest BCUT2D eigenvalue weighted by Crippen LogP contribution is -2.22. The van der Waals surface area contributed by atoms with Gasteiger partial charge < -0.3 is 9.47 Å². The molecule has 2 nitrogen and oxygen atoms in total. The lowest BCUT2D eigenvalue weighted by Gasteiger charge is -2.19. The van der Waals surface area contributed by atoms with Crippen molar-refractivity contribution in [1.82, 2.24) is 0 Å². The Morgan fingerprint density at radius 2 is 1.72 bits per heavy atom. The molecule has 0 aliphatic heterocycles. The number of rotatable bonds is 8. The molecule has 0 spiro atoms. The summed E-state index contributed by atoms with van der Waals surface area (Å²) in [7, 11) is 0. The fraction of sp³-hybridized carbons (Fsp3) is 0.250. The van der Waals surface area contributed by atoms with Crippen molar-refractivity contribution in [3.63, 3.8) is 0 Å². The molecule has 0 saturated heterocycles. The van der Waals surface area contributed by atoms with Crippen LogP contribution in [0, 0.1) is 5.82 Å². The molecule has 0 radical (unpaired) electrons. The Kier molecular flexibility index (Phi) is 6.47. The molecule has 3 aromatic carbocycles. The molecule has 0 aliphatic carbocycles. The minimum Gasteiger partial charge on any atom is -0.494 e. The number of halogens is 3. The van der Waals surface area contributed by atoms with Crippen molar-refractivity contribution < 1.29 is 22.6 Å². The molecule has 0 heterocycles. The van der Waals surface area contributed by atoms with Crippen LogP contribution in [0.3, 0.4) is 0 Å². The molecular weight excluding hydrogens is 377 g/mol. The summed E-state index contributed by atoms with van der Waals surface area (Å²) in [6.07, 6.45) is 1.93. The van der Waals surface area contributed by atoms with Gasteiger partial charge in [0.1, 0.15) is 5.75 Å². The zero-order chi connectivity index (χ0) is 20.9. The normalized spacial score (nSPS) is 11.9. The molecule has 0 bridgehead atoms. The zero-order valence-electron chi connectivity index (χ0n) is 16.4. The van der Waals surface area contributed by atoms with Crippen molar-refractivity contribution in [2.75, 3.05) is 6.61 Å². The predicted octanol–water partition coefficient (Wildman–Crippen LogP) is 7.01. The molecule has 5 heteroatoms. The highest BCUT2D eigenvalue weighted by Gasteiger charge is 2.35. The van der Waals surface area contributed by atoms with E-state index in [9.17, 15) is 13.2 Å². The van der Waals surface area contributed by atoms with E-state index in [2.05, 4.69) is 0 Å². The van der Waals surface area contributed by atoms with E-state index >= 15 is 0 Å². The third-order valence-corrected chi connectivity index (χ3v) is 4.54. The lowest BCUT2D eigenvalue weighted by atomic mass is 10.1. The van der Waals surface area contributed by atoms with E-state index in [1.807, 2.05) is 26.0 Å². The maximum Gasteiger partial charge on any atom is 0.426 e. The van der Waals surface area contributed by atoms with E-state index in [0.29, 0.717) is 23.1 Å². The molecule has 0 amide bonds. The molecular formula is C24H23F3O2. The number of hydrogen-bond donors (Lipinski definition) is 0. The van der Waals surface area contributed by atoms with Crippen LogP contribution in [0.4, 0.5) is 13.2 Å². The van der Waals surface area contributed by atoms with Crippen LogP contribution < -0.4 is 9.47 Å². The lowest BCUT2D eigenvalue weighted by molar-refractivity contribution is -0.186. The van der Waals surface area contributed by atoms with Crippen molar-refractivity contribution in [3.05, 3.63) is 83.7 Å². The first-order valence-electron chi connectivity index (χ1n) is 9.56. The van der Waals surface area contributed by atoms with Crippen LogP contribution >= 0.6 is 0 Å². The van der Waals surface area contributed by atoms with Gasteiger partial charge in [0.05, 0.1) is 12.2 Å². The summed E-state index contributed by atoms with van der Waals surface area (Å²) in [4.78, 5) is 0. The third kappa shape index (κ3) is 5.11. The van der Waals surface area contributed by atoms with Crippen molar-refractivity contribution in [3.8, 4) is 11.5 Å². The molecule has 0 saturated carbocycles. The van der Waals surface area contributed by atoms with E-state index in [1.165, 1.54) is 24.3 Å². The van der Waals surface area contributed by atoms with Gasteiger partial charge in [-0.2, -0.15) is 8.78 Å². The molecule has 0 unspecified atom stereocenters. The van der Waals surface area contributed by atoms with E-state index in [4.69, 9.17) is 9.47 Å². The summed E-state index contributed by atoms with van der Waals surface area (Å²) in [5.74, 6) is -0.759. The fourth-order valence-corrected chi connectivity index (χ4v) is 3.04. The van der Waals surface area contributed by atoms with Crippen LogP contribution in [-0.2, 0) is 12.5 Å².